The van der Waals surface area contributed by atoms with Gasteiger partial charge in [-0.2, -0.15) is 10.4 Å². The highest BCUT2D eigenvalue weighted by Gasteiger charge is 2.25. The summed E-state index contributed by atoms with van der Waals surface area (Å²) in [6.45, 7) is 6.04. The summed E-state index contributed by atoms with van der Waals surface area (Å²) in [6.07, 6.45) is 0.708. The summed E-state index contributed by atoms with van der Waals surface area (Å²) in [7, 11) is 1.92. The minimum absolute atomic E-state index is 0.247. The van der Waals surface area contributed by atoms with E-state index in [4.69, 9.17) is 10.1 Å². The molecule has 38 heavy (non-hydrogen) atoms. The number of amides is 1. The van der Waals surface area contributed by atoms with Gasteiger partial charge in [0.2, 0.25) is 5.91 Å². The molecule has 0 spiro atoms. The van der Waals surface area contributed by atoms with Gasteiger partial charge in [0.1, 0.15) is 29.1 Å². The lowest BCUT2D eigenvalue weighted by Crippen LogP contribution is -2.49. The van der Waals surface area contributed by atoms with Gasteiger partial charge >= 0.3 is 0 Å². The molecule has 1 amide bonds. The van der Waals surface area contributed by atoms with E-state index >= 15 is 0 Å². The first-order chi connectivity index (χ1) is 18.3. The first-order valence-electron chi connectivity index (χ1n) is 12.4. The van der Waals surface area contributed by atoms with Gasteiger partial charge in [-0.3, -0.25) is 4.79 Å². The number of benzene rings is 1. The fraction of sp³-hybridized carbons (Fsp3) is 0.333. The van der Waals surface area contributed by atoms with Crippen LogP contribution >= 0.6 is 11.3 Å². The number of carbonyl (C=O) groups is 1. The summed E-state index contributed by atoms with van der Waals surface area (Å²) in [5, 5.41) is 24.5. The lowest BCUT2D eigenvalue weighted by Gasteiger charge is -2.36. The van der Waals surface area contributed by atoms with Crippen LogP contribution in [0, 0.1) is 24.1 Å². The number of aryl methyl sites for hydroxylation is 2. The molecule has 11 heteroatoms. The molecule has 4 aromatic rings. The fourth-order valence-corrected chi connectivity index (χ4v) is 5.71. The summed E-state index contributed by atoms with van der Waals surface area (Å²) < 4.78 is 15.4. The number of anilines is 3. The minimum Gasteiger partial charge on any atom is -0.387 e. The molecule has 0 aliphatic carbocycles. The molecule has 5 rings (SSSR count). The predicted octanol–water partition coefficient (Wildman–Crippen LogP) is 3.75. The number of piperazine rings is 1. The summed E-state index contributed by atoms with van der Waals surface area (Å²) in [5.41, 5.74) is 5.97. The van der Waals surface area contributed by atoms with Crippen LogP contribution in [0.1, 0.15) is 23.2 Å². The first kappa shape index (κ1) is 25.6. The number of fused-ring (bicyclic) bond motifs is 1. The minimum atomic E-state index is -0.469. The van der Waals surface area contributed by atoms with Crippen molar-refractivity contribution in [2.75, 3.05) is 49.6 Å². The van der Waals surface area contributed by atoms with E-state index in [2.05, 4.69) is 30.0 Å². The SMILES string of the molecule is CCc1nn2c(C)cc(N3CCN(C(=O)CO)CC3)cc2c1N(C)c1nc(-c2ccc(F)cc2)c(C#N)s1. The van der Waals surface area contributed by atoms with Crippen molar-refractivity contribution in [1.82, 2.24) is 19.5 Å². The number of halogens is 1. The number of hydrogen-bond acceptors (Lipinski definition) is 8. The Morgan fingerprint density at radius 3 is 2.55 bits per heavy atom. The lowest BCUT2D eigenvalue weighted by atomic mass is 10.1. The normalized spacial score (nSPS) is 13.7. The quantitative estimate of drug-likeness (QED) is 0.403. The molecule has 4 heterocycles. The maximum absolute atomic E-state index is 13.5. The molecule has 1 aliphatic rings. The van der Waals surface area contributed by atoms with Gasteiger partial charge in [-0.15, -0.1) is 0 Å². The van der Waals surface area contributed by atoms with Crippen LogP contribution in [0.2, 0.25) is 0 Å². The van der Waals surface area contributed by atoms with E-state index in [0.29, 0.717) is 53.9 Å². The Balaban J connectivity index is 1.53. The van der Waals surface area contributed by atoms with Gasteiger partial charge in [0.15, 0.2) is 5.13 Å². The van der Waals surface area contributed by atoms with Crippen molar-refractivity contribution in [2.24, 2.45) is 0 Å². The number of aliphatic hydroxyl groups excluding tert-OH is 1. The van der Waals surface area contributed by atoms with E-state index in [9.17, 15) is 19.6 Å². The topological polar surface area (TPSA) is 101 Å². The Hall–Kier alpha value is -4.01. The Labute approximate surface area is 224 Å². The van der Waals surface area contributed by atoms with Gasteiger partial charge in [-0.25, -0.2) is 13.9 Å². The van der Waals surface area contributed by atoms with Crippen LogP contribution in [0.15, 0.2) is 36.4 Å². The van der Waals surface area contributed by atoms with Crippen LogP contribution in [-0.4, -0.2) is 70.3 Å². The zero-order valence-corrected chi connectivity index (χ0v) is 22.3. The summed E-state index contributed by atoms with van der Waals surface area (Å²) in [6, 6.07) is 12.4. The fourth-order valence-electron chi connectivity index (χ4n) is 4.85. The van der Waals surface area contributed by atoms with E-state index in [0.717, 1.165) is 28.3 Å². The smallest absolute Gasteiger partial charge is 0.248 e. The van der Waals surface area contributed by atoms with Crippen LogP contribution in [0.5, 0.6) is 0 Å². The average molecular weight is 534 g/mol. The molecule has 0 unspecified atom stereocenters. The second-order valence-electron chi connectivity index (χ2n) is 9.18. The number of nitriles is 1. The molecule has 196 valence electrons. The van der Waals surface area contributed by atoms with Crippen molar-refractivity contribution in [2.45, 2.75) is 20.3 Å². The molecule has 1 N–H and O–H groups in total. The van der Waals surface area contributed by atoms with Crippen LogP contribution < -0.4 is 9.80 Å². The van der Waals surface area contributed by atoms with Gasteiger partial charge in [-0.1, -0.05) is 18.3 Å². The van der Waals surface area contributed by atoms with Crippen LogP contribution in [-0.2, 0) is 11.2 Å². The maximum atomic E-state index is 13.5. The van der Waals surface area contributed by atoms with Crippen LogP contribution in [0.3, 0.4) is 0 Å². The van der Waals surface area contributed by atoms with Crippen molar-refractivity contribution in [3.8, 4) is 17.3 Å². The Morgan fingerprint density at radius 1 is 1.21 bits per heavy atom. The maximum Gasteiger partial charge on any atom is 0.248 e. The standard InChI is InChI=1S/C27H28FN7O2S/c1-4-21-26(32(3)27-30-25(23(15-29)38-27)18-5-7-19(28)8-6-18)22-14-20(13-17(2)35(22)31-21)33-9-11-34(12-10-33)24(37)16-36/h5-8,13-14,36H,4,9-12,16H2,1-3H3. The van der Waals surface area contributed by atoms with E-state index in [1.807, 2.05) is 23.4 Å². The third-order valence-electron chi connectivity index (χ3n) is 6.87. The third kappa shape index (κ3) is 4.57. The van der Waals surface area contributed by atoms with Crippen molar-refractivity contribution in [3.05, 3.63) is 58.5 Å². The number of rotatable bonds is 6. The number of aliphatic hydroxyl groups is 1. The van der Waals surface area contributed by atoms with Crippen LogP contribution in [0.25, 0.3) is 16.8 Å². The molecule has 0 saturated carbocycles. The number of hydrogen-bond donors (Lipinski definition) is 1. The van der Waals surface area contributed by atoms with Crippen molar-refractivity contribution >= 4 is 39.3 Å². The second-order valence-corrected chi connectivity index (χ2v) is 10.2. The summed E-state index contributed by atoms with van der Waals surface area (Å²) in [4.78, 5) is 23.0. The monoisotopic (exact) mass is 533 g/mol. The Morgan fingerprint density at radius 2 is 1.92 bits per heavy atom. The molecule has 1 fully saturated rings. The highest BCUT2D eigenvalue weighted by atomic mass is 32.1. The molecular formula is C27H28FN7O2S. The molecule has 0 bridgehead atoms. The van der Waals surface area contributed by atoms with E-state index < -0.39 is 6.61 Å². The largest absolute Gasteiger partial charge is 0.387 e. The van der Waals surface area contributed by atoms with Gasteiger partial charge in [0.25, 0.3) is 0 Å². The van der Waals surface area contributed by atoms with Gasteiger partial charge in [0.05, 0.1) is 16.9 Å². The number of nitrogens with zero attached hydrogens (tertiary/aromatic N) is 7. The van der Waals surface area contributed by atoms with Crippen LogP contribution in [0.4, 0.5) is 20.9 Å². The van der Waals surface area contributed by atoms with E-state index in [-0.39, 0.29) is 11.7 Å². The van der Waals surface area contributed by atoms with Gasteiger partial charge < -0.3 is 19.8 Å². The second kappa shape index (κ2) is 10.4. The number of thiazole rings is 1. The molecular weight excluding hydrogens is 505 g/mol. The summed E-state index contributed by atoms with van der Waals surface area (Å²) >= 11 is 1.29. The van der Waals surface area contributed by atoms with Gasteiger partial charge in [0, 0.05) is 50.2 Å². The molecule has 1 aromatic carbocycles. The molecule has 1 saturated heterocycles. The highest BCUT2D eigenvalue weighted by Crippen LogP contribution is 2.39. The number of pyridine rings is 1. The Kier molecular flexibility index (Phi) is 7.01. The first-order valence-corrected chi connectivity index (χ1v) is 13.2. The molecule has 9 nitrogen and oxygen atoms in total. The van der Waals surface area contributed by atoms with Crippen molar-refractivity contribution in [1.29, 1.82) is 5.26 Å². The third-order valence-corrected chi connectivity index (χ3v) is 7.90. The van der Waals surface area contributed by atoms with Crippen molar-refractivity contribution < 1.29 is 14.3 Å². The average Bonchev–Trinajstić information content (AvgIpc) is 3.55. The zero-order valence-electron chi connectivity index (χ0n) is 21.5. The molecule has 3 aromatic heterocycles. The molecule has 1 aliphatic heterocycles. The highest BCUT2D eigenvalue weighted by molar-refractivity contribution is 7.16. The molecule has 0 radical (unpaired) electrons. The zero-order chi connectivity index (χ0) is 27.0. The number of carbonyl (C=O) groups excluding carboxylic acids is 1. The molecule has 0 atom stereocenters. The lowest BCUT2D eigenvalue weighted by molar-refractivity contribution is -0.134. The van der Waals surface area contributed by atoms with Crippen molar-refractivity contribution in [3.63, 3.8) is 0 Å². The Bertz CT molecular complexity index is 1530. The number of aromatic nitrogens is 3. The predicted molar refractivity (Wildman–Crippen MR) is 145 cm³/mol. The van der Waals surface area contributed by atoms with E-state index in [1.54, 1.807) is 17.0 Å². The van der Waals surface area contributed by atoms with Gasteiger partial charge in [-0.05, 0) is 49.7 Å². The van der Waals surface area contributed by atoms with E-state index in [1.165, 1.54) is 23.5 Å². The summed E-state index contributed by atoms with van der Waals surface area (Å²) in [5.74, 6) is -0.588.